The smallest absolute Gasteiger partial charge is 0.241 e. The van der Waals surface area contributed by atoms with Crippen LogP contribution in [-0.2, 0) is 16.6 Å². The molecule has 7 nitrogen and oxygen atoms in total. The lowest BCUT2D eigenvalue weighted by molar-refractivity contribution is 0.171. The second-order valence-corrected chi connectivity index (χ2v) is 7.64. The number of rotatable bonds is 5. The first-order chi connectivity index (χ1) is 13.1. The van der Waals surface area contributed by atoms with E-state index in [9.17, 15) is 8.42 Å². The van der Waals surface area contributed by atoms with Gasteiger partial charge in [-0.25, -0.2) is 13.1 Å². The first-order valence-electron chi connectivity index (χ1n) is 8.37. The number of benzene rings is 1. The number of hydrogen-bond acceptors (Lipinski definition) is 6. The third-order valence-corrected chi connectivity index (χ3v) is 5.52. The van der Waals surface area contributed by atoms with E-state index in [0.29, 0.717) is 30.4 Å². The van der Waals surface area contributed by atoms with Crippen molar-refractivity contribution in [2.45, 2.75) is 11.4 Å². The lowest BCUT2D eigenvalue weighted by atomic mass is 10.1. The van der Waals surface area contributed by atoms with Gasteiger partial charge in [-0.15, -0.1) is 0 Å². The zero-order chi connectivity index (χ0) is 18.7. The Labute approximate surface area is 157 Å². The summed E-state index contributed by atoms with van der Waals surface area (Å²) in [6, 6.07) is 11.9. The molecule has 0 atom stereocenters. The van der Waals surface area contributed by atoms with Crippen LogP contribution in [0, 0.1) is 0 Å². The fourth-order valence-electron chi connectivity index (χ4n) is 2.80. The summed E-state index contributed by atoms with van der Waals surface area (Å²) in [7, 11) is -3.72. The molecular weight excluding hydrogens is 366 g/mol. The Bertz CT molecular complexity index is 1060. The van der Waals surface area contributed by atoms with E-state index in [4.69, 9.17) is 9.47 Å². The number of aromatic nitrogens is 2. The maximum absolute atomic E-state index is 12.7. The van der Waals surface area contributed by atoms with Gasteiger partial charge in [0, 0.05) is 36.8 Å². The maximum Gasteiger partial charge on any atom is 0.241 e. The van der Waals surface area contributed by atoms with Crippen molar-refractivity contribution in [3.63, 3.8) is 0 Å². The summed E-state index contributed by atoms with van der Waals surface area (Å²) in [6.07, 6.45) is 5.02. The van der Waals surface area contributed by atoms with Crippen LogP contribution in [0.2, 0.25) is 0 Å². The fourth-order valence-corrected chi connectivity index (χ4v) is 3.82. The van der Waals surface area contributed by atoms with Gasteiger partial charge < -0.3 is 9.47 Å². The van der Waals surface area contributed by atoms with Crippen molar-refractivity contribution in [2.75, 3.05) is 13.2 Å². The molecule has 0 spiro atoms. The first kappa shape index (κ1) is 17.4. The Morgan fingerprint density at radius 1 is 0.963 bits per heavy atom. The van der Waals surface area contributed by atoms with Crippen molar-refractivity contribution in [1.29, 1.82) is 0 Å². The molecule has 0 radical (unpaired) electrons. The summed E-state index contributed by atoms with van der Waals surface area (Å²) < 4.78 is 38.9. The second-order valence-electron chi connectivity index (χ2n) is 5.88. The van der Waals surface area contributed by atoms with Crippen LogP contribution in [0.15, 0.2) is 66.0 Å². The lowest BCUT2D eigenvalue weighted by Gasteiger charge is -2.19. The van der Waals surface area contributed by atoms with Gasteiger partial charge >= 0.3 is 0 Å². The molecule has 0 saturated carbocycles. The number of nitrogens with one attached hydrogen (secondary N) is 1. The van der Waals surface area contributed by atoms with Gasteiger partial charge in [-0.2, -0.15) is 0 Å². The minimum Gasteiger partial charge on any atom is -0.486 e. The molecule has 27 heavy (non-hydrogen) atoms. The van der Waals surface area contributed by atoms with Gasteiger partial charge in [0.15, 0.2) is 11.5 Å². The van der Waals surface area contributed by atoms with E-state index in [-0.39, 0.29) is 11.4 Å². The van der Waals surface area contributed by atoms with Crippen LogP contribution in [0.1, 0.15) is 5.56 Å². The minimum atomic E-state index is -3.72. The molecule has 1 N–H and O–H groups in total. The molecule has 3 heterocycles. The highest BCUT2D eigenvalue weighted by molar-refractivity contribution is 7.89. The Hall–Kier alpha value is -2.97. The zero-order valence-electron chi connectivity index (χ0n) is 14.3. The molecule has 1 aromatic carbocycles. The molecule has 1 aliphatic rings. The third kappa shape index (κ3) is 3.76. The summed E-state index contributed by atoms with van der Waals surface area (Å²) in [5.74, 6) is 0.982. The standard InChI is InChI=1S/C19H17N3O4S/c23-27(24,16-3-4-17-18(12-16)26-11-10-25-17)22-13-15-2-1-7-21-19(15)14-5-8-20-9-6-14/h1-9,12,22H,10-11,13H2. The molecule has 2 aromatic heterocycles. The minimum absolute atomic E-state index is 0.113. The van der Waals surface area contributed by atoms with Crippen molar-refractivity contribution in [2.24, 2.45) is 0 Å². The molecule has 4 rings (SSSR count). The van der Waals surface area contributed by atoms with Crippen molar-refractivity contribution >= 4 is 10.0 Å². The Morgan fingerprint density at radius 3 is 2.56 bits per heavy atom. The Kier molecular flexibility index (Phi) is 4.74. The number of pyridine rings is 2. The summed E-state index contributed by atoms with van der Waals surface area (Å²) in [5.41, 5.74) is 2.36. The van der Waals surface area contributed by atoms with Crippen LogP contribution in [0.4, 0.5) is 0 Å². The van der Waals surface area contributed by atoms with Crippen LogP contribution < -0.4 is 14.2 Å². The van der Waals surface area contributed by atoms with Gasteiger partial charge in [0.2, 0.25) is 10.0 Å². The summed E-state index contributed by atoms with van der Waals surface area (Å²) in [5, 5.41) is 0. The van der Waals surface area contributed by atoms with E-state index in [0.717, 1.165) is 11.1 Å². The maximum atomic E-state index is 12.7. The predicted octanol–water partition coefficient (Wildman–Crippen LogP) is 2.39. The monoisotopic (exact) mass is 383 g/mol. The zero-order valence-corrected chi connectivity index (χ0v) is 15.1. The largest absolute Gasteiger partial charge is 0.486 e. The molecule has 1 aliphatic heterocycles. The SMILES string of the molecule is O=S(=O)(NCc1cccnc1-c1ccncc1)c1ccc2c(c1)OCCO2. The van der Waals surface area contributed by atoms with Crippen molar-refractivity contribution in [1.82, 2.24) is 14.7 Å². The van der Waals surface area contributed by atoms with E-state index in [1.807, 2.05) is 18.2 Å². The second kappa shape index (κ2) is 7.34. The summed E-state index contributed by atoms with van der Waals surface area (Å²) >= 11 is 0. The van der Waals surface area contributed by atoms with Crippen LogP contribution in [0.25, 0.3) is 11.3 Å². The Balaban J connectivity index is 1.57. The number of fused-ring (bicyclic) bond motifs is 1. The van der Waals surface area contributed by atoms with Crippen LogP contribution in [-0.4, -0.2) is 31.6 Å². The van der Waals surface area contributed by atoms with E-state index < -0.39 is 10.0 Å². The van der Waals surface area contributed by atoms with E-state index in [1.54, 1.807) is 30.7 Å². The highest BCUT2D eigenvalue weighted by atomic mass is 32.2. The van der Waals surface area contributed by atoms with Crippen LogP contribution in [0.3, 0.4) is 0 Å². The average Bonchev–Trinajstić information content (AvgIpc) is 2.73. The van der Waals surface area contributed by atoms with Crippen molar-refractivity contribution in [3.8, 4) is 22.8 Å². The average molecular weight is 383 g/mol. The molecule has 0 aliphatic carbocycles. The molecule has 0 bridgehead atoms. The third-order valence-electron chi connectivity index (χ3n) is 4.12. The number of sulfonamides is 1. The molecule has 0 unspecified atom stereocenters. The number of ether oxygens (including phenoxy) is 2. The molecule has 0 amide bonds. The normalized spacial score (nSPS) is 13.3. The molecule has 0 fully saturated rings. The van der Waals surface area contributed by atoms with Crippen LogP contribution >= 0.6 is 0 Å². The molecule has 8 heteroatoms. The molecular formula is C19H17N3O4S. The molecule has 138 valence electrons. The first-order valence-corrected chi connectivity index (χ1v) is 9.85. The van der Waals surface area contributed by atoms with Crippen molar-refractivity contribution in [3.05, 3.63) is 66.6 Å². The van der Waals surface area contributed by atoms with Gasteiger partial charge in [0.1, 0.15) is 13.2 Å². The van der Waals surface area contributed by atoms with Crippen molar-refractivity contribution < 1.29 is 17.9 Å². The van der Waals surface area contributed by atoms with Gasteiger partial charge in [0.05, 0.1) is 10.6 Å². The van der Waals surface area contributed by atoms with Gasteiger partial charge in [-0.05, 0) is 35.9 Å². The summed E-state index contributed by atoms with van der Waals surface area (Å²) in [6.45, 7) is 0.966. The molecule has 0 saturated heterocycles. The molecule has 3 aromatic rings. The van der Waals surface area contributed by atoms with Crippen LogP contribution in [0.5, 0.6) is 11.5 Å². The lowest BCUT2D eigenvalue weighted by Crippen LogP contribution is -2.24. The summed E-state index contributed by atoms with van der Waals surface area (Å²) in [4.78, 5) is 8.51. The quantitative estimate of drug-likeness (QED) is 0.728. The topological polar surface area (TPSA) is 90.4 Å². The van der Waals surface area contributed by atoms with E-state index in [2.05, 4.69) is 14.7 Å². The van der Waals surface area contributed by atoms with E-state index >= 15 is 0 Å². The van der Waals surface area contributed by atoms with Gasteiger partial charge in [-0.3, -0.25) is 9.97 Å². The number of hydrogen-bond donors (Lipinski definition) is 1. The van der Waals surface area contributed by atoms with Gasteiger partial charge in [-0.1, -0.05) is 6.07 Å². The van der Waals surface area contributed by atoms with E-state index in [1.165, 1.54) is 12.1 Å². The predicted molar refractivity (Wildman–Crippen MR) is 98.9 cm³/mol. The fraction of sp³-hybridized carbons (Fsp3) is 0.158. The Morgan fingerprint density at radius 2 is 1.74 bits per heavy atom. The highest BCUT2D eigenvalue weighted by Gasteiger charge is 2.20. The highest BCUT2D eigenvalue weighted by Crippen LogP contribution is 2.32. The van der Waals surface area contributed by atoms with Gasteiger partial charge in [0.25, 0.3) is 0 Å². The number of nitrogens with zero attached hydrogens (tertiary/aromatic N) is 2.